The van der Waals surface area contributed by atoms with Gasteiger partial charge in [0, 0.05) is 12.7 Å². The third kappa shape index (κ3) is 3.99. The van der Waals surface area contributed by atoms with E-state index in [2.05, 4.69) is 52.2 Å². The summed E-state index contributed by atoms with van der Waals surface area (Å²) < 4.78 is 0. The molecule has 13 heavy (non-hydrogen) atoms. The van der Waals surface area contributed by atoms with Crippen molar-refractivity contribution in [3.8, 4) is 0 Å². The summed E-state index contributed by atoms with van der Waals surface area (Å²) in [7, 11) is 0. The van der Waals surface area contributed by atoms with Gasteiger partial charge in [-0.3, -0.25) is 0 Å². The Hall–Kier alpha value is -0.240. The van der Waals surface area contributed by atoms with Gasteiger partial charge in [0.25, 0.3) is 0 Å². The number of hydrogen-bond donors (Lipinski definition) is 0. The van der Waals surface area contributed by atoms with Gasteiger partial charge in [0.05, 0.1) is 0 Å². The van der Waals surface area contributed by atoms with Crippen LogP contribution in [-0.4, -0.2) is 16.4 Å². The van der Waals surface area contributed by atoms with E-state index in [-0.39, 0.29) is 0 Å². The van der Waals surface area contributed by atoms with E-state index in [1.54, 1.807) is 0 Å². The second kappa shape index (κ2) is 6.25. The van der Waals surface area contributed by atoms with Crippen LogP contribution in [0.1, 0.15) is 32.6 Å². The van der Waals surface area contributed by atoms with Gasteiger partial charge in [0.2, 0.25) is 0 Å². The quantitative estimate of drug-likeness (QED) is 0.405. The Morgan fingerprint density at radius 1 is 1.23 bits per heavy atom. The summed E-state index contributed by atoms with van der Waals surface area (Å²) in [6, 6.07) is 0. The highest BCUT2D eigenvalue weighted by Gasteiger charge is 2.08. The molecule has 0 bridgehead atoms. The zero-order valence-electron chi connectivity index (χ0n) is 8.25. The monoisotopic (exact) mass is 243 g/mol. The van der Waals surface area contributed by atoms with Crippen LogP contribution in [-0.2, 0) is 0 Å². The predicted octanol–water partition coefficient (Wildman–Crippen LogP) is 3.67. The summed E-state index contributed by atoms with van der Waals surface area (Å²) in [5.41, 5.74) is 0. The molecule has 0 aromatic carbocycles. The number of halogens is 1. The van der Waals surface area contributed by atoms with Crippen molar-refractivity contribution in [3.05, 3.63) is 24.4 Å². The highest BCUT2D eigenvalue weighted by atomic mass is 79.9. The molecule has 0 radical (unpaired) electrons. The molecule has 1 aliphatic rings. The van der Waals surface area contributed by atoms with Crippen molar-refractivity contribution in [2.75, 3.05) is 6.54 Å². The second-order valence-corrected chi connectivity index (χ2v) is 4.34. The van der Waals surface area contributed by atoms with Crippen molar-refractivity contribution < 1.29 is 0 Å². The van der Waals surface area contributed by atoms with Gasteiger partial charge in [-0.1, -0.05) is 54.3 Å². The average Bonchev–Trinajstić information content (AvgIpc) is 2.15. The lowest BCUT2D eigenvalue weighted by Crippen LogP contribution is -2.26. The van der Waals surface area contributed by atoms with E-state index in [4.69, 9.17) is 0 Å². The van der Waals surface area contributed by atoms with E-state index < -0.39 is 0 Å². The molecule has 1 rings (SSSR count). The van der Waals surface area contributed by atoms with Crippen molar-refractivity contribution in [2.24, 2.45) is 0 Å². The van der Waals surface area contributed by atoms with Crippen LogP contribution in [0.4, 0.5) is 0 Å². The fraction of sp³-hybridized carbons (Fsp3) is 0.636. The molecular formula is C11H18BrN. The molecule has 0 aliphatic carbocycles. The first-order valence-corrected chi connectivity index (χ1v) is 6.01. The first-order chi connectivity index (χ1) is 6.34. The van der Waals surface area contributed by atoms with E-state index in [0.29, 0.717) is 4.95 Å². The SMILES string of the molecule is CCCCCCN1C=CC=CC1Br. The molecule has 1 aliphatic heterocycles. The van der Waals surface area contributed by atoms with Crippen LogP contribution in [0, 0.1) is 0 Å². The Balaban J connectivity index is 2.14. The Morgan fingerprint density at radius 3 is 2.77 bits per heavy atom. The molecule has 1 atom stereocenters. The molecule has 1 unspecified atom stereocenters. The van der Waals surface area contributed by atoms with Crippen LogP contribution in [0.3, 0.4) is 0 Å². The molecule has 0 saturated heterocycles. The summed E-state index contributed by atoms with van der Waals surface area (Å²) in [5, 5.41) is 0. The van der Waals surface area contributed by atoms with Crippen molar-refractivity contribution in [3.63, 3.8) is 0 Å². The lowest BCUT2D eigenvalue weighted by atomic mass is 10.2. The Morgan fingerprint density at radius 2 is 2.08 bits per heavy atom. The number of allylic oxidation sites excluding steroid dienone is 2. The number of rotatable bonds is 5. The van der Waals surface area contributed by atoms with Gasteiger partial charge in [-0.25, -0.2) is 0 Å². The van der Waals surface area contributed by atoms with Crippen LogP contribution < -0.4 is 0 Å². The minimum absolute atomic E-state index is 0.402. The molecule has 0 aromatic heterocycles. The number of hydrogen-bond acceptors (Lipinski definition) is 1. The molecule has 74 valence electrons. The molecule has 0 saturated carbocycles. The Bertz CT molecular complexity index is 187. The number of nitrogens with zero attached hydrogens (tertiary/aromatic N) is 1. The summed E-state index contributed by atoms with van der Waals surface area (Å²) in [4.78, 5) is 2.73. The Kier molecular flexibility index (Phi) is 5.21. The molecule has 1 heterocycles. The number of alkyl halides is 1. The summed E-state index contributed by atoms with van der Waals surface area (Å²) >= 11 is 3.61. The largest absolute Gasteiger partial charge is 0.362 e. The van der Waals surface area contributed by atoms with Crippen molar-refractivity contribution in [1.29, 1.82) is 0 Å². The van der Waals surface area contributed by atoms with Crippen LogP contribution in [0.5, 0.6) is 0 Å². The van der Waals surface area contributed by atoms with Crippen LogP contribution in [0.25, 0.3) is 0 Å². The fourth-order valence-electron chi connectivity index (χ4n) is 1.43. The van der Waals surface area contributed by atoms with E-state index in [1.165, 1.54) is 25.7 Å². The molecule has 0 spiro atoms. The average molecular weight is 244 g/mol. The van der Waals surface area contributed by atoms with E-state index >= 15 is 0 Å². The van der Waals surface area contributed by atoms with Gasteiger partial charge in [-0.15, -0.1) is 0 Å². The topological polar surface area (TPSA) is 3.24 Å². The second-order valence-electron chi connectivity index (χ2n) is 3.40. The first-order valence-electron chi connectivity index (χ1n) is 5.09. The van der Waals surface area contributed by atoms with Crippen LogP contribution >= 0.6 is 15.9 Å². The number of unbranched alkanes of at least 4 members (excludes halogenated alkanes) is 3. The van der Waals surface area contributed by atoms with Gasteiger partial charge in [0.1, 0.15) is 4.95 Å². The van der Waals surface area contributed by atoms with E-state index in [9.17, 15) is 0 Å². The lowest BCUT2D eigenvalue weighted by Gasteiger charge is -2.25. The Labute approximate surface area is 89.6 Å². The summed E-state index contributed by atoms with van der Waals surface area (Å²) in [6.45, 7) is 3.41. The van der Waals surface area contributed by atoms with Gasteiger partial charge in [0.15, 0.2) is 0 Å². The van der Waals surface area contributed by atoms with Gasteiger partial charge >= 0.3 is 0 Å². The lowest BCUT2D eigenvalue weighted by molar-refractivity contribution is 0.376. The van der Waals surface area contributed by atoms with Crippen molar-refractivity contribution in [1.82, 2.24) is 4.90 Å². The standard InChI is InChI=1S/C11H18BrN/c1-2-3-4-6-9-13-10-7-5-8-11(13)12/h5,7-8,10-11H,2-4,6,9H2,1H3. The molecule has 0 fully saturated rings. The zero-order chi connectivity index (χ0) is 9.52. The third-order valence-corrected chi connectivity index (χ3v) is 3.08. The smallest absolute Gasteiger partial charge is 0.103 e. The summed E-state index contributed by atoms with van der Waals surface area (Å²) in [6.07, 6.45) is 13.8. The van der Waals surface area contributed by atoms with Crippen LogP contribution in [0.2, 0.25) is 0 Å². The molecule has 1 nitrogen and oxygen atoms in total. The van der Waals surface area contributed by atoms with Crippen molar-refractivity contribution in [2.45, 2.75) is 37.6 Å². The highest BCUT2D eigenvalue weighted by molar-refractivity contribution is 9.09. The maximum absolute atomic E-state index is 3.61. The van der Waals surface area contributed by atoms with Gasteiger partial charge in [-0.05, 0) is 12.5 Å². The normalized spacial score (nSPS) is 21.1. The maximum Gasteiger partial charge on any atom is 0.103 e. The molecule has 0 aromatic rings. The maximum atomic E-state index is 3.61. The molecule has 0 N–H and O–H groups in total. The predicted molar refractivity (Wildman–Crippen MR) is 61.8 cm³/mol. The molecular weight excluding hydrogens is 226 g/mol. The zero-order valence-corrected chi connectivity index (χ0v) is 9.83. The third-order valence-electron chi connectivity index (χ3n) is 2.25. The highest BCUT2D eigenvalue weighted by Crippen LogP contribution is 2.15. The molecule has 0 amide bonds. The fourth-order valence-corrected chi connectivity index (χ4v) is 1.95. The van der Waals surface area contributed by atoms with Gasteiger partial charge < -0.3 is 4.90 Å². The van der Waals surface area contributed by atoms with E-state index in [0.717, 1.165) is 6.54 Å². The van der Waals surface area contributed by atoms with Crippen LogP contribution in [0.15, 0.2) is 24.4 Å². The minimum Gasteiger partial charge on any atom is -0.362 e. The van der Waals surface area contributed by atoms with Gasteiger partial charge in [-0.2, -0.15) is 0 Å². The minimum atomic E-state index is 0.402. The van der Waals surface area contributed by atoms with E-state index in [1.807, 2.05) is 0 Å². The first kappa shape index (κ1) is 10.8. The summed E-state index contributed by atoms with van der Waals surface area (Å²) in [5.74, 6) is 0. The molecule has 2 heteroatoms. The van der Waals surface area contributed by atoms with Crippen molar-refractivity contribution >= 4 is 15.9 Å².